The number of para-hydroxylation sites is 1. The van der Waals surface area contributed by atoms with E-state index in [1.807, 2.05) is 48.5 Å². The first-order valence-electron chi connectivity index (χ1n) is 7.75. The minimum atomic E-state index is 0.00762. The average molecular weight is 324 g/mol. The number of nitrogens with two attached hydrogens (primary N) is 1. The molecule has 6 nitrogen and oxygen atoms in total. The number of anilines is 2. The normalized spacial score (nSPS) is 17.0. The third kappa shape index (κ3) is 3.65. The molecule has 0 aromatic heterocycles. The minimum absolute atomic E-state index is 0.00762. The second kappa shape index (κ2) is 7.04. The van der Waals surface area contributed by atoms with Crippen molar-refractivity contribution in [3.8, 4) is 5.75 Å². The monoisotopic (exact) mass is 324 g/mol. The molecule has 6 heteroatoms. The molecule has 124 valence electrons. The Morgan fingerprint density at radius 2 is 2.17 bits per heavy atom. The summed E-state index contributed by atoms with van der Waals surface area (Å²) in [4.78, 5) is 16.2. The number of hydrogen-bond donors (Lipinski definition) is 3. The Kier molecular flexibility index (Phi) is 4.65. The number of nitrogens with one attached hydrogen (secondary N) is 2. The molecule has 0 bridgehead atoms. The van der Waals surface area contributed by atoms with Crippen molar-refractivity contribution >= 4 is 23.2 Å². The second-order valence-electron chi connectivity index (χ2n) is 5.62. The first-order chi connectivity index (χ1) is 11.7. The van der Waals surface area contributed by atoms with Gasteiger partial charge in [0.25, 0.3) is 0 Å². The van der Waals surface area contributed by atoms with E-state index in [1.165, 1.54) is 0 Å². The van der Waals surface area contributed by atoms with Gasteiger partial charge in [0.15, 0.2) is 5.96 Å². The van der Waals surface area contributed by atoms with Crippen molar-refractivity contribution in [2.24, 2.45) is 10.7 Å². The lowest BCUT2D eigenvalue weighted by atomic mass is 9.91. The molecular weight excluding hydrogens is 304 g/mol. The predicted octanol–water partition coefficient (Wildman–Crippen LogP) is 2.55. The molecule has 1 aliphatic heterocycles. The number of benzene rings is 2. The Balaban J connectivity index is 1.70. The summed E-state index contributed by atoms with van der Waals surface area (Å²) in [5, 5.41) is 5.92. The molecule has 1 unspecified atom stereocenters. The SMILES string of the molecule is COc1cccc(NC(N)=NCC2CC(=O)Nc3ccccc32)c1. The molecule has 0 fully saturated rings. The van der Waals surface area contributed by atoms with Crippen molar-refractivity contribution < 1.29 is 9.53 Å². The van der Waals surface area contributed by atoms with E-state index in [9.17, 15) is 4.79 Å². The minimum Gasteiger partial charge on any atom is -0.497 e. The predicted molar refractivity (Wildman–Crippen MR) is 95.5 cm³/mol. The zero-order valence-corrected chi connectivity index (χ0v) is 13.5. The van der Waals surface area contributed by atoms with Gasteiger partial charge in [0.2, 0.25) is 5.91 Å². The van der Waals surface area contributed by atoms with Crippen LogP contribution in [0.15, 0.2) is 53.5 Å². The van der Waals surface area contributed by atoms with Crippen LogP contribution in [0.25, 0.3) is 0 Å². The van der Waals surface area contributed by atoms with E-state index in [0.29, 0.717) is 18.9 Å². The number of rotatable bonds is 4. The summed E-state index contributed by atoms with van der Waals surface area (Å²) in [6.07, 6.45) is 0.410. The van der Waals surface area contributed by atoms with Crippen LogP contribution >= 0.6 is 0 Å². The smallest absolute Gasteiger partial charge is 0.225 e. The quantitative estimate of drug-likeness (QED) is 0.595. The van der Waals surface area contributed by atoms with Crippen molar-refractivity contribution in [1.29, 1.82) is 0 Å². The summed E-state index contributed by atoms with van der Waals surface area (Å²) in [6.45, 7) is 0.452. The second-order valence-corrected chi connectivity index (χ2v) is 5.62. The molecule has 0 spiro atoms. The van der Waals surface area contributed by atoms with Crippen LogP contribution in [0.5, 0.6) is 5.75 Å². The van der Waals surface area contributed by atoms with E-state index in [2.05, 4.69) is 15.6 Å². The van der Waals surface area contributed by atoms with Gasteiger partial charge >= 0.3 is 0 Å². The molecule has 0 aliphatic carbocycles. The molecule has 0 radical (unpaired) electrons. The maximum Gasteiger partial charge on any atom is 0.225 e. The number of methoxy groups -OCH3 is 1. The summed E-state index contributed by atoms with van der Waals surface area (Å²) in [7, 11) is 1.61. The summed E-state index contributed by atoms with van der Waals surface area (Å²) in [6, 6.07) is 15.2. The van der Waals surface area contributed by atoms with Gasteiger partial charge in [0.05, 0.1) is 13.7 Å². The van der Waals surface area contributed by atoms with Crippen LogP contribution in [0.4, 0.5) is 11.4 Å². The first kappa shape index (κ1) is 15.9. The molecule has 0 saturated carbocycles. The van der Waals surface area contributed by atoms with Crippen molar-refractivity contribution in [3.05, 3.63) is 54.1 Å². The van der Waals surface area contributed by atoms with Gasteiger partial charge in [-0.1, -0.05) is 24.3 Å². The lowest BCUT2D eigenvalue weighted by Crippen LogP contribution is -2.27. The topological polar surface area (TPSA) is 88.7 Å². The Morgan fingerprint density at radius 1 is 1.33 bits per heavy atom. The van der Waals surface area contributed by atoms with Gasteiger partial charge in [-0.2, -0.15) is 0 Å². The molecule has 1 heterocycles. The number of nitrogens with zero attached hydrogens (tertiary/aromatic N) is 1. The lowest BCUT2D eigenvalue weighted by Gasteiger charge is -2.24. The number of amides is 1. The van der Waals surface area contributed by atoms with E-state index < -0.39 is 0 Å². The molecule has 1 aliphatic rings. The van der Waals surface area contributed by atoms with Crippen LogP contribution in [0.2, 0.25) is 0 Å². The fraction of sp³-hybridized carbons (Fsp3) is 0.222. The van der Waals surface area contributed by atoms with Crippen molar-refractivity contribution in [3.63, 3.8) is 0 Å². The van der Waals surface area contributed by atoms with Crippen LogP contribution in [-0.2, 0) is 4.79 Å². The van der Waals surface area contributed by atoms with Crippen molar-refractivity contribution in [2.45, 2.75) is 12.3 Å². The van der Waals surface area contributed by atoms with E-state index in [0.717, 1.165) is 22.7 Å². The average Bonchev–Trinajstić information content (AvgIpc) is 2.59. The van der Waals surface area contributed by atoms with Gasteiger partial charge in [-0.15, -0.1) is 0 Å². The highest BCUT2D eigenvalue weighted by Gasteiger charge is 2.24. The van der Waals surface area contributed by atoms with Gasteiger partial charge in [0, 0.05) is 29.8 Å². The fourth-order valence-corrected chi connectivity index (χ4v) is 2.76. The molecule has 4 N–H and O–H groups in total. The van der Waals surface area contributed by atoms with Crippen LogP contribution < -0.4 is 21.1 Å². The number of carbonyl (C=O) groups is 1. The zero-order valence-electron chi connectivity index (χ0n) is 13.5. The number of hydrogen-bond acceptors (Lipinski definition) is 3. The van der Waals surface area contributed by atoms with Crippen LogP contribution in [0, 0.1) is 0 Å². The molecule has 1 amide bonds. The Morgan fingerprint density at radius 3 is 3.00 bits per heavy atom. The molecule has 2 aromatic rings. The van der Waals surface area contributed by atoms with Crippen molar-refractivity contribution in [2.75, 3.05) is 24.3 Å². The molecule has 0 saturated heterocycles. The summed E-state index contributed by atoms with van der Waals surface area (Å²) >= 11 is 0. The molecule has 1 atom stereocenters. The van der Waals surface area contributed by atoms with Crippen LogP contribution in [-0.4, -0.2) is 25.5 Å². The van der Waals surface area contributed by atoms with Gasteiger partial charge < -0.3 is 21.1 Å². The van der Waals surface area contributed by atoms with E-state index in [1.54, 1.807) is 7.11 Å². The molecular formula is C18H20N4O2. The third-order valence-corrected chi connectivity index (χ3v) is 3.93. The summed E-state index contributed by atoms with van der Waals surface area (Å²) in [5.74, 6) is 1.09. The van der Waals surface area contributed by atoms with E-state index in [4.69, 9.17) is 10.5 Å². The number of carbonyl (C=O) groups excluding carboxylic acids is 1. The number of aliphatic imine (C=N–C) groups is 1. The third-order valence-electron chi connectivity index (χ3n) is 3.93. The number of ether oxygens (including phenoxy) is 1. The largest absolute Gasteiger partial charge is 0.497 e. The standard InChI is InChI=1S/C18H20N4O2/c1-24-14-6-4-5-13(10-14)21-18(19)20-11-12-9-17(23)22-16-8-3-2-7-15(12)16/h2-8,10,12H,9,11H2,1H3,(H,22,23)(H3,19,20,21). The zero-order chi connectivity index (χ0) is 16.9. The Hall–Kier alpha value is -3.02. The van der Waals surface area contributed by atoms with E-state index >= 15 is 0 Å². The van der Waals surface area contributed by atoms with E-state index in [-0.39, 0.29) is 11.8 Å². The fourth-order valence-electron chi connectivity index (χ4n) is 2.76. The van der Waals surface area contributed by atoms with Gasteiger partial charge in [-0.05, 0) is 23.8 Å². The summed E-state index contributed by atoms with van der Waals surface area (Å²) in [5.41, 5.74) is 8.72. The Bertz CT molecular complexity index is 773. The lowest BCUT2D eigenvalue weighted by molar-refractivity contribution is -0.116. The van der Waals surface area contributed by atoms with Gasteiger partial charge in [0.1, 0.15) is 5.75 Å². The summed E-state index contributed by atoms with van der Waals surface area (Å²) < 4.78 is 5.18. The molecule has 2 aromatic carbocycles. The van der Waals surface area contributed by atoms with Crippen molar-refractivity contribution in [1.82, 2.24) is 0 Å². The highest BCUT2D eigenvalue weighted by molar-refractivity contribution is 5.95. The van der Waals surface area contributed by atoms with Gasteiger partial charge in [-0.3, -0.25) is 9.79 Å². The van der Waals surface area contributed by atoms with Gasteiger partial charge in [-0.25, -0.2) is 0 Å². The highest BCUT2D eigenvalue weighted by atomic mass is 16.5. The first-order valence-corrected chi connectivity index (χ1v) is 7.75. The maximum absolute atomic E-state index is 11.8. The highest BCUT2D eigenvalue weighted by Crippen LogP contribution is 2.32. The molecule has 24 heavy (non-hydrogen) atoms. The number of fused-ring (bicyclic) bond motifs is 1. The Labute approximate surface area is 140 Å². The molecule has 3 rings (SSSR count). The van der Waals surface area contributed by atoms with Crippen LogP contribution in [0.3, 0.4) is 0 Å². The number of guanidine groups is 1. The van der Waals surface area contributed by atoms with Crippen LogP contribution in [0.1, 0.15) is 17.9 Å². The maximum atomic E-state index is 11.8.